The van der Waals surface area contributed by atoms with Crippen LogP contribution in [0.5, 0.6) is 0 Å². The zero-order valence-corrected chi connectivity index (χ0v) is 10.8. The van der Waals surface area contributed by atoms with E-state index < -0.39 is 5.97 Å². The highest BCUT2D eigenvalue weighted by Crippen LogP contribution is 2.29. The largest absolute Gasteiger partial charge is 0.461 e. The Kier molecular flexibility index (Phi) is 2.90. The van der Waals surface area contributed by atoms with Crippen LogP contribution >= 0.6 is 0 Å². The van der Waals surface area contributed by atoms with Crippen LogP contribution in [0.15, 0.2) is 39.2 Å². The molecule has 3 rings (SSSR count). The third-order valence-corrected chi connectivity index (χ3v) is 2.76. The van der Waals surface area contributed by atoms with Crippen LogP contribution in [0.25, 0.3) is 22.6 Å². The fraction of sp³-hybridized carbons (Fsp3) is 0.143. The summed E-state index contributed by atoms with van der Waals surface area (Å²) in [6.45, 7) is 1.94. The first-order chi connectivity index (χ1) is 9.69. The summed E-state index contributed by atoms with van der Waals surface area (Å²) in [4.78, 5) is 15.7. The molecule has 0 radical (unpaired) electrons. The second-order valence-electron chi connectivity index (χ2n) is 4.10. The molecule has 0 aliphatic heterocycles. The van der Waals surface area contributed by atoms with Crippen molar-refractivity contribution >= 4 is 22.8 Å². The van der Waals surface area contributed by atoms with E-state index in [1.54, 1.807) is 13.0 Å². The van der Waals surface area contributed by atoms with Crippen LogP contribution in [0, 0.1) is 0 Å². The fourth-order valence-electron chi connectivity index (χ4n) is 1.87. The number of fused-ring (bicyclic) bond motifs is 1. The number of para-hydroxylation sites is 1. The second-order valence-corrected chi connectivity index (χ2v) is 4.10. The molecule has 0 fully saturated rings. The summed E-state index contributed by atoms with van der Waals surface area (Å²) in [5, 5.41) is 0.914. The van der Waals surface area contributed by atoms with Crippen LogP contribution in [0.2, 0.25) is 0 Å². The number of rotatable bonds is 3. The van der Waals surface area contributed by atoms with E-state index >= 15 is 0 Å². The third kappa shape index (κ3) is 2.01. The van der Waals surface area contributed by atoms with Crippen LogP contribution in [0.1, 0.15) is 17.4 Å². The number of nitrogen functional groups attached to an aromatic ring is 1. The minimum atomic E-state index is -0.615. The Balaban J connectivity index is 2.02. The van der Waals surface area contributed by atoms with Gasteiger partial charge in [-0.05, 0) is 19.1 Å². The maximum absolute atomic E-state index is 11.6. The summed E-state index contributed by atoms with van der Waals surface area (Å²) in [5.74, 6) is -0.134. The minimum Gasteiger partial charge on any atom is -0.461 e. The van der Waals surface area contributed by atoms with Gasteiger partial charge in [0.25, 0.3) is 5.89 Å². The molecule has 0 unspecified atom stereocenters. The molecule has 0 aliphatic rings. The highest BCUT2D eigenvalue weighted by molar-refractivity contribution is 5.92. The highest BCUT2D eigenvalue weighted by atomic mass is 16.5. The number of ether oxygens (including phenoxy) is 1. The van der Waals surface area contributed by atoms with Crippen molar-refractivity contribution in [3.8, 4) is 11.7 Å². The Labute approximate surface area is 114 Å². The van der Waals surface area contributed by atoms with Gasteiger partial charge in [-0.3, -0.25) is 0 Å². The van der Waals surface area contributed by atoms with Gasteiger partial charge >= 0.3 is 5.97 Å². The summed E-state index contributed by atoms with van der Waals surface area (Å²) in [6.07, 6.45) is 0. The minimum absolute atomic E-state index is 0.0395. The van der Waals surface area contributed by atoms with Crippen LogP contribution in [-0.4, -0.2) is 17.6 Å². The van der Waals surface area contributed by atoms with Crippen molar-refractivity contribution in [1.82, 2.24) is 4.98 Å². The molecule has 102 valence electrons. The van der Waals surface area contributed by atoms with Gasteiger partial charge in [0, 0.05) is 5.39 Å². The molecule has 2 aromatic heterocycles. The number of anilines is 1. The molecule has 2 N–H and O–H groups in total. The molecule has 6 nitrogen and oxygen atoms in total. The summed E-state index contributed by atoms with van der Waals surface area (Å²) in [5.41, 5.74) is 6.30. The Morgan fingerprint density at radius 2 is 2.15 bits per heavy atom. The molecular weight excluding hydrogens is 260 g/mol. The van der Waals surface area contributed by atoms with Crippen LogP contribution < -0.4 is 5.73 Å². The first-order valence-electron chi connectivity index (χ1n) is 6.11. The van der Waals surface area contributed by atoms with Gasteiger partial charge in [-0.1, -0.05) is 18.2 Å². The molecule has 20 heavy (non-hydrogen) atoms. The topological polar surface area (TPSA) is 91.5 Å². The zero-order valence-electron chi connectivity index (χ0n) is 10.8. The maximum atomic E-state index is 11.6. The number of carbonyl (C=O) groups excluding carboxylic acids is 1. The number of esters is 1. The summed E-state index contributed by atoms with van der Waals surface area (Å²) >= 11 is 0. The quantitative estimate of drug-likeness (QED) is 0.737. The molecule has 6 heteroatoms. The van der Waals surface area contributed by atoms with Crippen molar-refractivity contribution in [3.63, 3.8) is 0 Å². The third-order valence-electron chi connectivity index (χ3n) is 2.76. The molecule has 0 aliphatic carbocycles. The highest BCUT2D eigenvalue weighted by Gasteiger charge is 2.21. The van der Waals surface area contributed by atoms with E-state index in [1.807, 2.05) is 24.3 Å². The second kappa shape index (κ2) is 4.73. The van der Waals surface area contributed by atoms with Crippen LogP contribution in [-0.2, 0) is 4.74 Å². The Morgan fingerprint density at radius 3 is 2.90 bits per heavy atom. The lowest BCUT2D eigenvalue weighted by Gasteiger charge is -1.96. The van der Waals surface area contributed by atoms with Gasteiger partial charge in [-0.2, -0.15) is 4.98 Å². The predicted molar refractivity (Wildman–Crippen MR) is 72.1 cm³/mol. The van der Waals surface area contributed by atoms with E-state index in [-0.39, 0.29) is 24.1 Å². The summed E-state index contributed by atoms with van der Waals surface area (Å²) in [7, 11) is 0. The molecule has 1 aromatic carbocycles. The molecule has 3 aromatic rings. The molecule has 0 saturated heterocycles. The van der Waals surface area contributed by atoms with Crippen LogP contribution in [0.4, 0.5) is 5.88 Å². The van der Waals surface area contributed by atoms with E-state index in [0.717, 1.165) is 5.39 Å². The van der Waals surface area contributed by atoms with Crippen LogP contribution in [0.3, 0.4) is 0 Å². The lowest BCUT2D eigenvalue weighted by Crippen LogP contribution is -2.07. The number of furan rings is 1. The lowest BCUT2D eigenvalue weighted by molar-refractivity contribution is 0.0521. The van der Waals surface area contributed by atoms with Crippen molar-refractivity contribution in [2.75, 3.05) is 12.3 Å². The van der Waals surface area contributed by atoms with Gasteiger partial charge in [0.05, 0.1) is 6.61 Å². The van der Waals surface area contributed by atoms with Crippen molar-refractivity contribution in [1.29, 1.82) is 0 Å². The number of benzene rings is 1. The Hall–Kier alpha value is -2.76. The van der Waals surface area contributed by atoms with Crippen molar-refractivity contribution in [2.45, 2.75) is 6.92 Å². The molecule has 2 heterocycles. The van der Waals surface area contributed by atoms with E-state index in [1.165, 1.54) is 0 Å². The zero-order chi connectivity index (χ0) is 14.1. The monoisotopic (exact) mass is 272 g/mol. The van der Waals surface area contributed by atoms with Gasteiger partial charge in [0.1, 0.15) is 5.58 Å². The molecule has 0 saturated carbocycles. The van der Waals surface area contributed by atoms with Gasteiger partial charge < -0.3 is 19.3 Å². The summed E-state index contributed by atoms with van der Waals surface area (Å²) < 4.78 is 15.7. The average Bonchev–Trinajstić information content (AvgIpc) is 3.02. The Bertz CT molecular complexity index is 739. The number of hydrogen-bond acceptors (Lipinski definition) is 6. The van der Waals surface area contributed by atoms with Crippen molar-refractivity contribution in [2.24, 2.45) is 0 Å². The van der Waals surface area contributed by atoms with Crippen molar-refractivity contribution < 1.29 is 18.4 Å². The van der Waals surface area contributed by atoms with Gasteiger partial charge in [-0.15, -0.1) is 0 Å². The standard InChI is InChI=1S/C14H12N2O4/c1-2-18-14(17)11-12(15)20-13(16-11)10-7-8-5-3-4-6-9(8)19-10/h3-7H,2,15H2,1H3. The number of oxazole rings is 1. The number of hydrogen-bond donors (Lipinski definition) is 1. The normalized spacial score (nSPS) is 10.8. The number of aromatic nitrogens is 1. The number of nitrogens with two attached hydrogens (primary N) is 1. The molecular formula is C14H12N2O4. The smallest absolute Gasteiger partial charge is 0.362 e. The summed E-state index contributed by atoms with van der Waals surface area (Å²) in [6, 6.07) is 9.27. The number of carbonyl (C=O) groups is 1. The van der Waals surface area contributed by atoms with E-state index in [2.05, 4.69) is 4.98 Å². The molecule has 0 atom stereocenters. The Morgan fingerprint density at radius 1 is 1.35 bits per heavy atom. The molecule has 0 bridgehead atoms. The van der Waals surface area contributed by atoms with Gasteiger partial charge in [-0.25, -0.2) is 4.79 Å². The SMILES string of the molecule is CCOC(=O)c1nc(-c2cc3ccccc3o2)oc1N. The molecule has 0 spiro atoms. The van der Waals surface area contributed by atoms with Crippen molar-refractivity contribution in [3.05, 3.63) is 36.0 Å². The lowest BCUT2D eigenvalue weighted by atomic mass is 10.2. The predicted octanol–water partition coefficient (Wildman–Crippen LogP) is 2.85. The maximum Gasteiger partial charge on any atom is 0.362 e. The molecule has 0 amide bonds. The van der Waals surface area contributed by atoms with E-state index in [0.29, 0.717) is 11.3 Å². The van der Waals surface area contributed by atoms with Gasteiger partial charge in [0.2, 0.25) is 11.6 Å². The first kappa shape index (κ1) is 12.3. The number of nitrogens with zero attached hydrogens (tertiary/aromatic N) is 1. The van der Waals surface area contributed by atoms with E-state index in [4.69, 9.17) is 19.3 Å². The van der Waals surface area contributed by atoms with Gasteiger partial charge in [0.15, 0.2) is 5.76 Å². The average molecular weight is 272 g/mol. The fourth-order valence-corrected chi connectivity index (χ4v) is 1.87. The first-order valence-corrected chi connectivity index (χ1v) is 6.11. The van der Waals surface area contributed by atoms with E-state index in [9.17, 15) is 4.79 Å².